The van der Waals surface area contributed by atoms with Crippen LogP contribution in [0.5, 0.6) is 5.75 Å². The highest BCUT2D eigenvalue weighted by Crippen LogP contribution is 2.37. The van der Waals surface area contributed by atoms with Gasteiger partial charge in [0, 0.05) is 53.4 Å². The highest BCUT2D eigenvalue weighted by Gasteiger charge is 2.36. The Morgan fingerprint density at radius 3 is 2.15 bits per heavy atom. The summed E-state index contributed by atoms with van der Waals surface area (Å²) >= 11 is 12.3. The van der Waals surface area contributed by atoms with Gasteiger partial charge >= 0.3 is 0 Å². The monoisotopic (exact) mass is 480 g/mol. The Kier molecular flexibility index (Phi) is 7.36. The van der Waals surface area contributed by atoms with E-state index >= 15 is 0 Å². The standard InChI is InChI=1S/C27H26Cl2N2O2/c1-33-25-5-3-2-4-20(25)16-26(30)31-15-14-24(32)23(17-31)27(18-6-10-21(28)11-7-18)19-8-12-22(29)13-9-19/h2-13,23,27,30H,14-17H2,1H3. The smallest absolute Gasteiger partial charge is 0.140 e. The predicted octanol–water partition coefficient (Wildman–Crippen LogP) is 6.24. The third kappa shape index (κ3) is 5.40. The first kappa shape index (κ1) is 23.3. The van der Waals surface area contributed by atoms with E-state index in [9.17, 15) is 4.79 Å². The number of piperidine rings is 1. The van der Waals surface area contributed by atoms with E-state index in [0.29, 0.717) is 41.8 Å². The molecule has 1 saturated heterocycles. The lowest BCUT2D eigenvalue weighted by Crippen LogP contribution is -2.46. The van der Waals surface area contributed by atoms with E-state index in [0.717, 1.165) is 22.4 Å². The molecule has 6 heteroatoms. The number of carbonyl (C=O) groups is 1. The van der Waals surface area contributed by atoms with E-state index in [2.05, 4.69) is 0 Å². The van der Waals surface area contributed by atoms with Crippen LogP contribution in [-0.4, -0.2) is 36.7 Å². The summed E-state index contributed by atoms with van der Waals surface area (Å²) in [5.74, 6) is 1.05. The van der Waals surface area contributed by atoms with Crippen molar-refractivity contribution in [2.75, 3.05) is 20.2 Å². The quantitative estimate of drug-likeness (QED) is 0.335. The number of hydrogen-bond acceptors (Lipinski definition) is 3. The van der Waals surface area contributed by atoms with Crippen LogP contribution in [0.1, 0.15) is 29.0 Å². The van der Waals surface area contributed by atoms with E-state index in [1.165, 1.54) is 0 Å². The lowest BCUT2D eigenvalue weighted by molar-refractivity contribution is -0.125. The van der Waals surface area contributed by atoms with Crippen molar-refractivity contribution < 1.29 is 9.53 Å². The molecule has 0 amide bonds. The maximum atomic E-state index is 13.2. The molecule has 1 N–H and O–H groups in total. The lowest BCUT2D eigenvalue weighted by Gasteiger charge is -2.38. The number of halogens is 2. The van der Waals surface area contributed by atoms with Crippen molar-refractivity contribution in [2.24, 2.45) is 5.92 Å². The van der Waals surface area contributed by atoms with Gasteiger partial charge in [-0.15, -0.1) is 0 Å². The summed E-state index contributed by atoms with van der Waals surface area (Å²) in [4.78, 5) is 15.2. The number of nitrogens with zero attached hydrogens (tertiary/aromatic N) is 1. The normalized spacial score (nSPS) is 16.2. The second-order valence-electron chi connectivity index (χ2n) is 8.28. The van der Waals surface area contributed by atoms with Gasteiger partial charge in [0.25, 0.3) is 0 Å². The van der Waals surface area contributed by atoms with Crippen molar-refractivity contribution in [1.29, 1.82) is 5.41 Å². The van der Waals surface area contributed by atoms with Gasteiger partial charge in [-0.3, -0.25) is 10.2 Å². The molecule has 1 fully saturated rings. The molecule has 1 aliphatic rings. The number of benzene rings is 3. The molecular formula is C27H26Cl2N2O2. The number of methoxy groups -OCH3 is 1. The van der Waals surface area contributed by atoms with Gasteiger partial charge in [0.2, 0.25) is 0 Å². The van der Waals surface area contributed by atoms with Crippen molar-refractivity contribution in [1.82, 2.24) is 4.90 Å². The summed E-state index contributed by atoms with van der Waals surface area (Å²) < 4.78 is 5.45. The molecule has 170 valence electrons. The van der Waals surface area contributed by atoms with Crippen LogP contribution in [0.4, 0.5) is 0 Å². The fourth-order valence-electron chi connectivity index (χ4n) is 4.54. The minimum absolute atomic E-state index is 0.145. The van der Waals surface area contributed by atoms with Gasteiger partial charge in [0.1, 0.15) is 17.4 Å². The summed E-state index contributed by atoms with van der Waals surface area (Å²) in [6, 6.07) is 23.1. The topological polar surface area (TPSA) is 53.4 Å². The Labute approximate surface area is 204 Å². The first-order chi connectivity index (χ1) is 16.0. The Morgan fingerprint density at radius 1 is 1.00 bits per heavy atom. The molecule has 33 heavy (non-hydrogen) atoms. The number of para-hydroxylation sites is 1. The predicted molar refractivity (Wildman–Crippen MR) is 134 cm³/mol. The number of likely N-dealkylation sites (tertiary alicyclic amines) is 1. The lowest BCUT2D eigenvalue weighted by atomic mass is 9.76. The number of nitrogens with one attached hydrogen (secondary N) is 1. The third-order valence-corrected chi connectivity index (χ3v) is 6.76. The largest absolute Gasteiger partial charge is 0.496 e. The number of hydrogen-bond donors (Lipinski definition) is 1. The zero-order valence-electron chi connectivity index (χ0n) is 18.4. The second kappa shape index (κ2) is 10.4. The average Bonchev–Trinajstić information content (AvgIpc) is 2.83. The molecule has 0 aliphatic carbocycles. The van der Waals surface area contributed by atoms with E-state index in [4.69, 9.17) is 33.3 Å². The van der Waals surface area contributed by atoms with Crippen molar-refractivity contribution >= 4 is 34.8 Å². The van der Waals surface area contributed by atoms with Crippen molar-refractivity contribution in [2.45, 2.75) is 18.8 Å². The van der Waals surface area contributed by atoms with Crippen LogP contribution >= 0.6 is 23.2 Å². The zero-order valence-corrected chi connectivity index (χ0v) is 19.9. The molecule has 0 spiro atoms. The number of carbonyl (C=O) groups excluding carboxylic acids is 1. The van der Waals surface area contributed by atoms with Crippen LogP contribution in [0, 0.1) is 11.3 Å². The number of amidine groups is 1. The molecule has 3 aromatic rings. The number of Topliss-reactive ketones (excluding diaryl/α,β-unsaturated/α-hetero) is 1. The van der Waals surface area contributed by atoms with Gasteiger partial charge < -0.3 is 9.64 Å². The number of rotatable bonds is 6. The first-order valence-electron chi connectivity index (χ1n) is 10.9. The highest BCUT2D eigenvalue weighted by molar-refractivity contribution is 6.30. The minimum Gasteiger partial charge on any atom is -0.496 e. The summed E-state index contributed by atoms with van der Waals surface area (Å²) in [5.41, 5.74) is 3.02. The van der Waals surface area contributed by atoms with Gasteiger partial charge in [0.05, 0.1) is 7.11 Å². The molecule has 0 bridgehead atoms. The zero-order chi connectivity index (χ0) is 23.4. The van der Waals surface area contributed by atoms with Crippen LogP contribution in [-0.2, 0) is 11.2 Å². The Morgan fingerprint density at radius 2 is 1.58 bits per heavy atom. The van der Waals surface area contributed by atoms with Crippen LogP contribution in [0.2, 0.25) is 10.0 Å². The van der Waals surface area contributed by atoms with Crippen molar-refractivity contribution in [3.8, 4) is 5.75 Å². The molecule has 0 saturated carbocycles. The van der Waals surface area contributed by atoms with Crippen LogP contribution < -0.4 is 4.74 Å². The van der Waals surface area contributed by atoms with Crippen molar-refractivity contribution in [3.63, 3.8) is 0 Å². The maximum absolute atomic E-state index is 13.2. The Bertz CT molecular complexity index is 1080. The molecule has 4 nitrogen and oxygen atoms in total. The molecule has 0 aromatic heterocycles. The minimum atomic E-state index is -0.279. The fraction of sp³-hybridized carbons (Fsp3) is 0.259. The van der Waals surface area contributed by atoms with E-state index < -0.39 is 0 Å². The summed E-state index contributed by atoms with van der Waals surface area (Å²) in [5, 5.41) is 10.1. The van der Waals surface area contributed by atoms with Gasteiger partial charge in [0.15, 0.2) is 0 Å². The van der Waals surface area contributed by atoms with Crippen molar-refractivity contribution in [3.05, 3.63) is 99.5 Å². The second-order valence-corrected chi connectivity index (χ2v) is 9.16. The van der Waals surface area contributed by atoms with E-state index in [1.807, 2.05) is 77.7 Å². The van der Waals surface area contributed by atoms with E-state index in [-0.39, 0.29) is 17.6 Å². The van der Waals surface area contributed by atoms with Gasteiger partial charge in [-0.05, 0) is 41.5 Å². The third-order valence-electron chi connectivity index (χ3n) is 6.25. The first-order valence-corrected chi connectivity index (χ1v) is 11.7. The van der Waals surface area contributed by atoms with Gasteiger partial charge in [-0.25, -0.2) is 0 Å². The summed E-state index contributed by atoms with van der Waals surface area (Å²) in [6.07, 6.45) is 0.869. The van der Waals surface area contributed by atoms with Gasteiger partial charge in [-0.2, -0.15) is 0 Å². The highest BCUT2D eigenvalue weighted by atomic mass is 35.5. The summed E-state index contributed by atoms with van der Waals surface area (Å²) in [6.45, 7) is 1.04. The molecule has 4 rings (SSSR count). The van der Waals surface area contributed by atoms with Crippen LogP contribution in [0.3, 0.4) is 0 Å². The fourth-order valence-corrected chi connectivity index (χ4v) is 4.79. The van der Waals surface area contributed by atoms with Crippen LogP contribution in [0.15, 0.2) is 72.8 Å². The van der Waals surface area contributed by atoms with E-state index in [1.54, 1.807) is 7.11 Å². The summed E-state index contributed by atoms with van der Waals surface area (Å²) in [7, 11) is 1.64. The molecular weight excluding hydrogens is 455 g/mol. The molecule has 1 heterocycles. The Hall–Kier alpha value is -2.82. The number of ether oxygens (including phenoxy) is 1. The molecule has 1 aliphatic heterocycles. The maximum Gasteiger partial charge on any atom is 0.140 e. The molecule has 3 aromatic carbocycles. The SMILES string of the molecule is COc1ccccc1CC(=N)N1CCC(=O)C(C(c2ccc(Cl)cc2)c2ccc(Cl)cc2)C1. The molecule has 0 radical (unpaired) electrons. The average molecular weight is 481 g/mol. The molecule has 1 atom stereocenters. The Balaban J connectivity index is 1.62. The number of ketones is 1. The van der Waals surface area contributed by atoms with Gasteiger partial charge in [-0.1, -0.05) is 65.7 Å². The van der Waals surface area contributed by atoms with Crippen LogP contribution in [0.25, 0.3) is 0 Å². The molecule has 1 unspecified atom stereocenters.